The molecule has 0 spiro atoms. The van der Waals surface area contributed by atoms with E-state index in [0.717, 1.165) is 18.5 Å². The fourth-order valence-electron chi connectivity index (χ4n) is 3.27. The Balaban J connectivity index is 2.24. The molecule has 0 unspecified atom stereocenters. The standard InChI is InChI=1S/C24H39NO3S/c1-4-6-7-8-9-10-11-12-13-14-15-16-20-28-24-21-22(29(3,26)27)17-18-23(24)25-19-5-2/h2,17-18,21,25H,4,6-16,19-20H2,1,3H3. The van der Waals surface area contributed by atoms with Gasteiger partial charge in [0.2, 0.25) is 0 Å². The minimum atomic E-state index is -3.27. The third kappa shape index (κ3) is 11.8. The summed E-state index contributed by atoms with van der Waals surface area (Å²) in [4.78, 5) is 0.258. The van der Waals surface area contributed by atoms with E-state index in [1.165, 1.54) is 70.5 Å². The van der Waals surface area contributed by atoms with E-state index in [0.29, 0.717) is 18.9 Å². The summed E-state index contributed by atoms with van der Waals surface area (Å²) in [6.45, 7) is 3.20. The average Bonchev–Trinajstić information content (AvgIpc) is 2.69. The van der Waals surface area contributed by atoms with Gasteiger partial charge in [0.25, 0.3) is 0 Å². The van der Waals surface area contributed by atoms with Crippen LogP contribution in [0.1, 0.15) is 84.0 Å². The van der Waals surface area contributed by atoms with Gasteiger partial charge >= 0.3 is 0 Å². The van der Waals surface area contributed by atoms with Gasteiger partial charge in [-0.1, -0.05) is 83.5 Å². The predicted octanol–water partition coefficient (Wildman–Crippen LogP) is 6.22. The van der Waals surface area contributed by atoms with Crippen LogP contribution in [0.25, 0.3) is 0 Å². The molecule has 0 aliphatic carbocycles. The van der Waals surface area contributed by atoms with Crippen molar-refractivity contribution in [3.8, 4) is 18.1 Å². The highest BCUT2D eigenvalue weighted by Gasteiger charge is 2.12. The van der Waals surface area contributed by atoms with Gasteiger partial charge in [-0.2, -0.15) is 0 Å². The summed E-state index contributed by atoms with van der Waals surface area (Å²) in [5.41, 5.74) is 0.731. The lowest BCUT2D eigenvalue weighted by atomic mass is 10.1. The number of hydrogen-bond acceptors (Lipinski definition) is 4. The fourth-order valence-corrected chi connectivity index (χ4v) is 3.91. The summed E-state index contributed by atoms with van der Waals surface area (Å²) in [6.07, 6.45) is 22.0. The van der Waals surface area contributed by atoms with E-state index < -0.39 is 9.84 Å². The molecule has 0 heterocycles. The van der Waals surface area contributed by atoms with Gasteiger partial charge < -0.3 is 10.1 Å². The third-order valence-corrected chi connectivity index (χ3v) is 6.13. The van der Waals surface area contributed by atoms with Crippen LogP contribution in [0.2, 0.25) is 0 Å². The zero-order chi connectivity index (χ0) is 21.4. The molecule has 0 aromatic heterocycles. The second-order valence-corrected chi connectivity index (χ2v) is 9.74. The van der Waals surface area contributed by atoms with E-state index in [1.807, 2.05) is 0 Å². The smallest absolute Gasteiger partial charge is 0.175 e. The molecular formula is C24H39NO3S. The van der Waals surface area contributed by atoms with Crippen molar-refractivity contribution in [1.82, 2.24) is 0 Å². The number of sulfone groups is 1. The first-order valence-electron chi connectivity index (χ1n) is 11.1. The third-order valence-electron chi connectivity index (χ3n) is 5.02. The highest BCUT2D eigenvalue weighted by atomic mass is 32.2. The van der Waals surface area contributed by atoms with Gasteiger partial charge in [-0.25, -0.2) is 8.42 Å². The van der Waals surface area contributed by atoms with Crippen molar-refractivity contribution in [3.05, 3.63) is 18.2 Å². The van der Waals surface area contributed by atoms with Gasteiger partial charge in [-0.3, -0.25) is 0 Å². The number of ether oxygens (including phenoxy) is 1. The maximum atomic E-state index is 11.8. The summed E-state index contributed by atoms with van der Waals surface area (Å²) in [6, 6.07) is 4.87. The van der Waals surface area contributed by atoms with Crippen LogP contribution >= 0.6 is 0 Å². The lowest BCUT2D eigenvalue weighted by molar-refractivity contribution is 0.305. The lowest BCUT2D eigenvalue weighted by Crippen LogP contribution is -2.06. The Bertz CT molecular complexity index is 707. The van der Waals surface area contributed by atoms with Gasteiger partial charge in [0.05, 0.1) is 23.7 Å². The minimum Gasteiger partial charge on any atom is -0.491 e. The van der Waals surface area contributed by atoms with E-state index in [4.69, 9.17) is 11.2 Å². The highest BCUT2D eigenvalue weighted by molar-refractivity contribution is 7.90. The first-order valence-corrected chi connectivity index (χ1v) is 13.0. The topological polar surface area (TPSA) is 55.4 Å². The molecule has 1 N–H and O–H groups in total. The first-order chi connectivity index (χ1) is 14.0. The molecule has 0 radical (unpaired) electrons. The fraction of sp³-hybridized carbons (Fsp3) is 0.667. The van der Waals surface area contributed by atoms with Gasteiger partial charge in [0.15, 0.2) is 9.84 Å². The number of rotatable bonds is 17. The SMILES string of the molecule is C#CCNc1ccc(S(C)(=O)=O)cc1OCCCCCCCCCCCCCC. The second-order valence-electron chi connectivity index (χ2n) is 7.73. The van der Waals surface area contributed by atoms with Gasteiger partial charge in [0.1, 0.15) is 5.75 Å². The number of terminal acetylenes is 1. The lowest BCUT2D eigenvalue weighted by Gasteiger charge is -2.13. The van der Waals surface area contributed by atoms with Gasteiger partial charge in [-0.15, -0.1) is 6.42 Å². The minimum absolute atomic E-state index is 0.258. The van der Waals surface area contributed by atoms with Crippen molar-refractivity contribution < 1.29 is 13.2 Å². The number of nitrogens with one attached hydrogen (secondary N) is 1. The Morgan fingerprint density at radius 1 is 0.931 bits per heavy atom. The van der Waals surface area contributed by atoms with Crippen molar-refractivity contribution >= 4 is 15.5 Å². The van der Waals surface area contributed by atoms with Gasteiger partial charge in [-0.05, 0) is 18.6 Å². The van der Waals surface area contributed by atoms with E-state index >= 15 is 0 Å². The number of anilines is 1. The summed E-state index contributed by atoms with van der Waals surface area (Å²) >= 11 is 0. The van der Waals surface area contributed by atoms with Crippen molar-refractivity contribution in [3.63, 3.8) is 0 Å². The molecule has 164 valence electrons. The molecule has 29 heavy (non-hydrogen) atoms. The Hall–Kier alpha value is -1.67. The first kappa shape index (κ1) is 25.4. The van der Waals surface area contributed by atoms with Crippen LogP contribution in [-0.4, -0.2) is 27.8 Å². The Morgan fingerprint density at radius 3 is 2.00 bits per heavy atom. The molecule has 1 aromatic carbocycles. The summed E-state index contributed by atoms with van der Waals surface area (Å²) in [5.74, 6) is 3.07. The van der Waals surface area contributed by atoms with Crippen LogP contribution in [-0.2, 0) is 9.84 Å². The highest BCUT2D eigenvalue weighted by Crippen LogP contribution is 2.28. The quantitative estimate of drug-likeness (QED) is 0.240. The van der Waals surface area contributed by atoms with Crippen molar-refractivity contribution in [2.75, 3.05) is 24.7 Å². The van der Waals surface area contributed by atoms with E-state index in [2.05, 4.69) is 18.2 Å². The molecule has 4 nitrogen and oxygen atoms in total. The number of unbranched alkanes of at least 4 members (excludes halogenated alkanes) is 11. The predicted molar refractivity (Wildman–Crippen MR) is 123 cm³/mol. The van der Waals surface area contributed by atoms with Crippen LogP contribution in [0.3, 0.4) is 0 Å². The van der Waals surface area contributed by atoms with Crippen LogP contribution < -0.4 is 10.1 Å². The molecule has 0 atom stereocenters. The number of hydrogen-bond donors (Lipinski definition) is 1. The monoisotopic (exact) mass is 421 g/mol. The summed E-state index contributed by atoms with van der Waals surface area (Å²) < 4.78 is 29.4. The van der Waals surface area contributed by atoms with Crippen molar-refractivity contribution in [1.29, 1.82) is 0 Å². The Morgan fingerprint density at radius 2 is 1.48 bits per heavy atom. The van der Waals surface area contributed by atoms with Crippen molar-refractivity contribution in [2.45, 2.75) is 88.9 Å². The van der Waals surface area contributed by atoms with Crippen molar-refractivity contribution in [2.24, 2.45) is 0 Å². The maximum Gasteiger partial charge on any atom is 0.175 e. The summed E-state index contributed by atoms with van der Waals surface area (Å²) in [7, 11) is -3.27. The van der Waals surface area contributed by atoms with Gasteiger partial charge in [0, 0.05) is 12.3 Å². The van der Waals surface area contributed by atoms with Crippen LogP contribution in [0.15, 0.2) is 23.1 Å². The summed E-state index contributed by atoms with van der Waals surface area (Å²) in [5, 5.41) is 3.08. The van der Waals surface area contributed by atoms with Crippen LogP contribution in [0.5, 0.6) is 5.75 Å². The average molecular weight is 422 g/mol. The molecule has 0 saturated heterocycles. The molecule has 0 aliphatic heterocycles. The number of benzene rings is 1. The molecular weight excluding hydrogens is 382 g/mol. The molecule has 0 bridgehead atoms. The molecule has 0 aliphatic rings. The normalized spacial score (nSPS) is 11.2. The van der Waals surface area contributed by atoms with E-state index in [-0.39, 0.29) is 4.90 Å². The Labute approximate surface area is 178 Å². The van der Waals surface area contributed by atoms with Crippen LogP contribution in [0.4, 0.5) is 5.69 Å². The maximum absolute atomic E-state index is 11.8. The molecule has 1 aromatic rings. The molecule has 0 amide bonds. The van der Waals surface area contributed by atoms with Crippen LogP contribution in [0, 0.1) is 12.3 Å². The molecule has 5 heteroatoms. The van der Waals surface area contributed by atoms with E-state index in [9.17, 15) is 8.42 Å². The Kier molecular flexibility index (Phi) is 13.3. The molecule has 0 saturated carbocycles. The molecule has 0 fully saturated rings. The largest absolute Gasteiger partial charge is 0.491 e. The second kappa shape index (κ2) is 15.2. The zero-order valence-corrected chi connectivity index (χ0v) is 19.2. The van der Waals surface area contributed by atoms with E-state index in [1.54, 1.807) is 18.2 Å². The molecule has 1 rings (SSSR count). The zero-order valence-electron chi connectivity index (χ0n) is 18.3.